The smallest absolute Gasteiger partial charge is 0.167 e. The highest BCUT2D eigenvalue weighted by Gasteiger charge is 2.26. The van der Waals surface area contributed by atoms with Crippen LogP contribution >= 0.6 is 11.6 Å². The Balaban J connectivity index is 2.01. The van der Waals surface area contributed by atoms with Gasteiger partial charge in [-0.25, -0.2) is 9.37 Å². The molecule has 1 aliphatic rings. The summed E-state index contributed by atoms with van der Waals surface area (Å²) in [5, 5.41) is 18.7. The van der Waals surface area contributed by atoms with Crippen molar-refractivity contribution in [2.24, 2.45) is 5.92 Å². The maximum Gasteiger partial charge on any atom is 0.167 e. The minimum atomic E-state index is -0.685. The summed E-state index contributed by atoms with van der Waals surface area (Å²) in [5.74, 6) is -0.0541. The monoisotopic (exact) mass is 274 g/mol. The molecule has 0 saturated carbocycles. The lowest BCUT2D eigenvalue weighted by Crippen LogP contribution is -2.39. The molecule has 6 heteroatoms. The molecule has 0 aliphatic carbocycles. The Hall–Kier alpha value is -0.910. The summed E-state index contributed by atoms with van der Waals surface area (Å²) in [6.45, 7) is 1.01. The normalized spacial score (nSPS) is 19.0. The van der Waals surface area contributed by atoms with E-state index in [0.29, 0.717) is 31.7 Å². The van der Waals surface area contributed by atoms with Gasteiger partial charge in [0, 0.05) is 19.3 Å². The van der Waals surface area contributed by atoms with Gasteiger partial charge in [0.15, 0.2) is 11.6 Å². The van der Waals surface area contributed by atoms with Gasteiger partial charge in [-0.05, 0) is 24.8 Å². The topological polar surface area (TPSA) is 56.6 Å². The molecule has 1 fully saturated rings. The molecule has 0 amide bonds. The van der Waals surface area contributed by atoms with E-state index in [1.807, 2.05) is 4.90 Å². The molecule has 0 bridgehead atoms. The number of piperidine rings is 1. The van der Waals surface area contributed by atoms with Crippen LogP contribution in [0.15, 0.2) is 12.3 Å². The second-order valence-electron chi connectivity index (χ2n) is 4.53. The van der Waals surface area contributed by atoms with Crippen LogP contribution in [0, 0.1) is 11.7 Å². The van der Waals surface area contributed by atoms with E-state index in [2.05, 4.69) is 4.98 Å². The lowest BCUT2D eigenvalue weighted by molar-refractivity contribution is 0.0376. The minimum absolute atomic E-state index is 0.0709. The Kier molecular flexibility index (Phi) is 4.37. The Labute approximate surface area is 110 Å². The zero-order chi connectivity index (χ0) is 13.1. The van der Waals surface area contributed by atoms with E-state index in [1.165, 1.54) is 12.3 Å². The van der Waals surface area contributed by atoms with Crippen molar-refractivity contribution < 1.29 is 14.6 Å². The van der Waals surface area contributed by atoms with Crippen LogP contribution in [0.5, 0.6) is 0 Å². The fourth-order valence-corrected chi connectivity index (χ4v) is 2.43. The molecule has 18 heavy (non-hydrogen) atoms. The summed E-state index contributed by atoms with van der Waals surface area (Å²) in [7, 11) is 0. The molecule has 2 heterocycles. The average Bonchev–Trinajstić information content (AvgIpc) is 2.38. The van der Waals surface area contributed by atoms with Gasteiger partial charge in [-0.15, -0.1) is 0 Å². The van der Waals surface area contributed by atoms with E-state index in [-0.39, 0.29) is 17.5 Å². The number of hydrogen-bond acceptors (Lipinski definition) is 4. The summed E-state index contributed by atoms with van der Waals surface area (Å²) in [6.07, 6.45) is 2.17. The quantitative estimate of drug-likeness (QED) is 0.876. The second-order valence-corrected chi connectivity index (χ2v) is 4.97. The number of anilines is 1. The van der Waals surface area contributed by atoms with Gasteiger partial charge >= 0.3 is 0 Å². The molecular formula is C12H16ClFN2O2. The summed E-state index contributed by atoms with van der Waals surface area (Å²) >= 11 is 5.66. The Morgan fingerprint density at radius 1 is 1.50 bits per heavy atom. The third-order valence-electron chi connectivity index (χ3n) is 3.36. The SMILES string of the molecule is OCC(O)C1CCN(c2ncc(Cl)cc2F)CC1. The number of rotatable bonds is 3. The summed E-state index contributed by atoms with van der Waals surface area (Å²) in [5.41, 5.74) is 0. The molecule has 1 aromatic rings. The highest BCUT2D eigenvalue weighted by atomic mass is 35.5. The van der Waals surface area contributed by atoms with Crippen LogP contribution in [0.1, 0.15) is 12.8 Å². The van der Waals surface area contributed by atoms with Gasteiger partial charge in [0.2, 0.25) is 0 Å². The van der Waals surface area contributed by atoms with Crippen LogP contribution in [-0.4, -0.2) is 41.0 Å². The number of aliphatic hydroxyl groups excluding tert-OH is 2. The van der Waals surface area contributed by atoms with Crippen molar-refractivity contribution >= 4 is 17.4 Å². The molecule has 0 radical (unpaired) electrons. The van der Waals surface area contributed by atoms with Crippen molar-refractivity contribution in [3.8, 4) is 0 Å². The largest absolute Gasteiger partial charge is 0.394 e. The first-order valence-electron chi connectivity index (χ1n) is 5.96. The molecule has 2 rings (SSSR count). The van der Waals surface area contributed by atoms with Gasteiger partial charge in [-0.1, -0.05) is 11.6 Å². The highest BCUT2D eigenvalue weighted by Crippen LogP contribution is 2.26. The molecule has 0 aromatic carbocycles. The third-order valence-corrected chi connectivity index (χ3v) is 3.57. The van der Waals surface area contributed by atoms with E-state index in [4.69, 9.17) is 16.7 Å². The molecule has 1 unspecified atom stereocenters. The first-order valence-corrected chi connectivity index (χ1v) is 6.34. The van der Waals surface area contributed by atoms with Crippen LogP contribution in [0.25, 0.3) is 0 Å². The van der Waals surface area contributed by atoms with Gasteiger partial charge in [0.1, 0.15) is 0 Å². The summed E-state index contributed by atoms with van der Waals surface area (Å²) in [4.78, 5) is 5.84. The zero-order valence-electron chi connectivity index (χ0n) is 9.89. The first-order chi connectivity index (χ1) is 8.61. The number of nitrogens with zero attached hydrogens (tertiary/aromatic N) is 2. The van der Waals surface area contributed by atoms with E-state index in [9.17, 15) is 9.50 Å². The Bertz CT molecular complexity index is 411. The van der Waals surface area contributed by atoms with Crippen molar-refractivity contribution in [1.82, 2.24) is 4.98 Å². The minimum Gasteiger partial charge on any atom is -0.394 e. The Morgan fingerprint density at radius 2 is 2.17 bits per heavy atom. The standard InChI is InChI=1S/C12H16ClFN2O2/c13-9-5-10(14)12(15-6-9)16-3-1-8(2-4-16)11(18)7-17/h5-6,8,11,17-18H,1-4,7H2. The number of pyridine rings is 1. The fourth-order valence-electron chi connectivity index (χ4n) is 2.29. The average molecular weight is 275 g/mol. The van der Waals surface area contributed by atoms with Crippen LogP contribution in [0.4, 0.5) is 10.2 Å². The molecule has 1 aliphatic heterocycles. The van der Waals surface area contributed by atoms with Crippen molar-refractivity contribution in [3.63, 3.8) is 0 Å². The summed E-state index contributed by atoms with van der Waals surface area (Å²) < 4.78 is 13.7. The van der Waals surface area contributed by atoms with E-state index >= 15 is 0 Å². The second kappa shape index (κ2) is 5.82. The molecule has 1 aromatic heterocycles. The molecule has 1 saturated heterocycles. The van der Waals surface area contributed by atoms with Crippen molar-refractivity contribution in [1.29, 1.82) is 0 Å². The van der Waals surface area contributed by atoms with Crippen LogP contribution in [0.2, 0.25) is 5.02 Å². The maximum absolute atomic E-state index is 13.7. The predicted molar refractivity (Wildman–Crippen MR) is 67.2 cm³/mol. The van der Waals surface area contributed by atoms with Crippen molar-refractivity contribution in [2.75, 3.05) is 24.6 Å². The van der Waals surface area contributed by atoms with E-state index in [0.717, 1.165) is 0 Å². The lowest BCUT2D eigenvalue weighted by Gasteiger charge is -2.34. The van der Waals surface area contributed by atoms with Crippen LogP contribution < -0.4 is 4.90 Å². The lowest BCUT2D eigenvalue weighted by atomic mass is 9.91. The maximum atomic E-state index is 13.7. The van der Waals surface area contributed by atoms with Crippen molar-refractivity contribution in [3.05, 3.63) is 23.1 Å². The van der Waals surface area contributed by atoms with Crippen LogP contribution in [0.3, 0.4) is 0 Å². The number of hydrogen-bond donors (Lipinski definition) is 2. The Morgan fingerprint density at radius 3 is 2.72 bits per heavy atom. The molecule has 2 N–H and O–H groups in total. The molecule has 100 valence electrons. The fraction of sp³-hybridized carbons (Fsp3) is 0.583. The molecule has 4 nitrogen and oxygen atoms in total. The van der Waals surface area contributed by atoms with Gasteiger partial charge in [-0.2, -0.15) is 0 Å². The van der Waals surface area contributed by atoms with Crippen LogP contribution in [-0.2, 0) is 0 Å². The molecule has 1 atom stereocenters. The van der Waals surface area contributed by atoms with Crippen molar-refractivity contribution in [2.45, 2.75) is 18.9 Å². The number of aromatic nitrogens is 1. The third kappa shape index (κ3) is 2.91. The number of aliphatic hydroxyl groups is 2. The molecular weight excluding hydrogens is 259 g/mol. The summed E-state index contributed by atoms with van der Waals surface area (Å²) in [6, 6.07) is 1.25. The van der Waals surface area contributed by atoms with Gasteiger partial charge in [0.05, 0.1) is 17.7 Å². The van der Waals surface area contributed by atoms with Gasteiger partial charge < -0.3 is 15.1 Å². The van der Waals surface area contributed by atoms with E-state index < -0.39 is 11.9 Å². The van der Waals surface area contributed by atoms with Gasteiger partial charge in [0.25, 0.3) is 0 Å². The number of halogens is 2. The molecule has 0 spiro atoms. The zero-order valence-corrected chi connectivity index (χ0v) is 10.6. The highest BCUT2D eigenvalue weighted by molar-refractivity contribution is 6.30. The first kappa shape index (κ1) is 13.5. The predicted octanol–water partition coefficient (Wildman–Crippen LogP) is 1.44. The van der Waals surface area contributed by atoms with E-state index in [1.54, 1.807) is 0 Å². The van der Waals surface area contributed by atoms with Gasteiger partial charge in [-0.3, -0.25) is 0 Å².